The summed E-state index contributed by atoms with van der Waals surface area (Å²) in [6.45, 7) is 4.59. The third-order valence-corrected chi connectivity index (χ3v) is 7.42. The van der Waals surface area contributed by atoms with E-state index in [0.717, 1.165) is 10.5 Å². The number of hydrogen-bond acceptors (Lipinski definition) is 5. The van der Waals surface area contributed by atoms with Gasteiger partial charge in [-0.25, -0.2) is 13.2 Å². The number of fused-ring (bicyclic) bond motifs is 1. The molecule has 1 aromatic carbocycles. The van der Waals surface area contributed by atoms with Crippen molar-refractivity contribution in [3.8, 4) is 0 Å². The second kappa shape index (κ2) is 5.86. The molecule has 1 aromatic rings. The van der Waals surface area contributed by atoms with Crippen LogP contribution in [-0.4, -0.2) is 41.4 Å². The molecule has 0 radical (unpaired) electrons. The van der Waals surface area contributed by atoms with E-state index in [4.69, 9.17) is 4.74 Å². The largest absolute Gasteiger partial charge is 0.459 e. The first-order valence-electron chi connectivity index (χ1n) is 7.91. The Hall–Kier alpha value is -2.37. The molecule has 2 saturated heterocycles. The number of benzene rings is 1. The highest BCUT2D eigenvalue weighted by atomic mass is 32.2. The van der Waals surface area contributed by atoms with Crippen molar-refractivity contribution in [3.63, 3.8) is 0 Å². The summed E-state index contributed by atoms with van der Waals surface area (Å²) in [7, 11) is -3.76. The molecule has 0 spiro atoms. The van der Waals surface area contributed by atoms with Crippen LogP contribution in [0.2, 0.25) is 0 Å². The minimum Gasteiger partial charge on any atom is -0.459 e. The van der Waals surface area contributed by atoms with Crippen LogP contribution in [0.15, 0.2) is 47.7 Å². The maximum Gasteiger partial charge on any atom is 0.330 e. The molecule has 3 rings (SSSR count). The van der Waals surface area contributed by atoms with E-state index < -0.39 is 37.9 Å². The lowest BCUT2D eigenvalue weighted by Crippen LogP contribution is -2.59. The SMILES string of the molecule is CC=C=C1C(=O)N2[C@@H](C(=O)OCc3ccccc3)C(C)(C)S(=O)(=O)[C@H]12. The zero-order chi connectivity index (χ0) is 18.4. The van der Waals surface area contributed by atoms with E-state index in [1.54, 1.807) is 19.1 Å². The number of rotatable bonds is 3. The second-order valence-electron chi connectivity index (χ2n) is 6.56. The monoisotopic (exact) mass is 361 g/mol. The molecule has 2 aliphatic rings. The van der Waals surface area contributed by atoms with Gasteiger partial charge >= 0.3 is 5.97 Å². The smallest absolute Gasteiger partial charge is 0.330 e. The third-order valence-electron chi connectivity index (χ3n) is 4.68. The Bertz CT molecular complexity index is 895. The lowest BCUT2D eigenvalue weighted by atomic mass is 9.96. The molecule has 2 aliphatic heterocycles. The van der Waals surface area contributed by atoms with Gasteiger partial charge in [0, 0.05) is 0 Å². The van der Waals surface area contributed by atoms with Crippen molar-refractivity contribution in [2.75, 3.05) is 0 Å². The predicted molar refractivity (Wildman–Crippen MR) is 90.9 cm³/mol. The van der Waals surface area contributed by atoms with Gasteiger partial charge in [-0.15, -0.1) is 5.73 Å². The summed E-state index contributed by atoms with van der Waals surface area (Å²) in [5, 5.41) is -1.12. The van der Waals surface area contributed by atoms with E-state index in [9.17, 15) is 18.0 Å². The first-order valence-corrected chi connectivity index (χ1v) is 9.46. The number of ether oxygens (including phenoxy) is 1. The van der Waals surface area contributed by atoms with Crippen LogP contribution >= 0.6 is 0 Å². The topological polar surface area (TPSA) is 80.8 Å². The number of amides is 1. The number of nitrogens with zero attached hydrogens (tertiary/aromatic N) is 1. The van der Waals surface area contributed by atoms with Crippen LogP contribution in [0.25, 0.3) is 0 Å². The van der Waals surface area contributed by atoms with Gasteiger partial charge in [0.05, 0.1) is 5.57 Å². The average Bonchev–Trinajstić information content (AvgIpc) is 2.72. The summed E-state index contributed by atoms with van der Waals surface area (Å²) in [6.07, 6.45) is 1.49. The highest BCUT2D eigenvalue weighted by Gasteiger charge is 2.70. The molecule has 132 valence electrons. The highest BCUT2D eigenvalue weighted by Crippen LogP contribution is 2.48. The third kappa shape index (κ3) is 2.42. The fraction of sp³-hybridized carbons (Fsp3) is 0.389. The van der Waals surface area contributed by atoms with Gasteiger partial charge in [0.2, 0.25) is 0 Å². The second-order valence-corrected chi connectivity index (χ2v) is 9.14. The van der Waals surface area contributed by atoms with E-state index in [0.29, 0.717) is 0 Å². The summed E-state index contributed by atoms with van der Waals surface area (Å²) < 4.78 is 29.5. The average molecular weight is 361 g/mol. The Morgan fingerprint density at radius 1 is 1.32 bits per heavy atom. The van der Waals surface area contributed by atoms with Crippen molar-refractivity contribution in [2.24, 2.45) is 0 Å². The van der Waals surface area contributed by atoms with Crippen molar-refractivity contribution < 1.29 is 22.7 Å². The van der Waals surface area contributed by atoms with Crippen LogP contribution in [0.5, 0.6) is 0 Å². The van der Waals surface area contributed by atoms with Gasteiger partial charge in [-0.05, 0) is 32.4 Å². The minimum absolute atomic E-state index is 0.0244. The number of carbonyl (C=O) groups is 2. The molecule has 1 amide bonds. The Labute approximate surface area is 146 Å². The van der Waals surface area contributed by atoms with Gasteiger partial charge in [0.1, 0.15) is 11.4 Å². The van der Waals surface area contributed by atoms with Gasteiger partial charge in [0.25, 0.3) is 5.91 Å². The molecule has 6 nitrogen and oxygen atoms in total. The van der Waals surface area contributed by atoms with Gasteiger partial charge in [-0.3, -0.25) is 4.79 Å². The summed E-state index contributed by atoms with van der Waals surface area (Å²) >= 11 is 0. The van der Waals surface area contributed by atoms with E-state index in [1.807, 2.05) is 18.2 Å². The van der Waals surface area contributed by atoms with E-state index in [1.165, 1.54) is 19.9 Å². The van der Waals surface area contributed by atoms with Crippen molar-refractivity contribution >= 4 is 21.7 Å². The first-order chi connectivity index (χ1) is 11.7. The van der Waals surface area contributed by atoms with E-state index >= 15 is 0 Å². The molecule has 0 saturated carbocycles. The number of hydrogen-bond donors (Lipinski definition) is 0. The highest BCUT2D eigenvalue weighted by molar-refractivity contribution is 7.94. The molecule has 0 aliphatic carbocycles. The van der Waals surface area contributed by atoms with Crippen molar-refractivity contribution in [3.05, 3.63) is 53.3 Å². The zero-order valence-electron chi connectivity index (χ0n) is 14.2. The van der Waals surface area contributed by atoms with Gasteiger partial charge in [0.15, 0.2) is 21.3 Å². The normalized spacial score (nSPS) is 25.6. The minimum atomic E-state index is -3.76. The standard InChI is InChI=1S/C18H19NO5S/c1-4-8-13-15(20)19-14(18(2,3)25(22,23)16(13)19)17(21)24-11-12-9-6-5-7-10-12/h4-7,9-10,14,16H,11H2,1-3H3/t8?,14-,16+/m0/s1. The number of esters is 1. The molecule has 2 fully saturated rings. The molecular formula is C18H19NO5S. The van der Waals surface area contributed by atoms with E-state index in [-0.39, 0.29) is 12.2 Å². The molecule has 2 heterocycles. The van der Waals surface area contributed by atoms with Crippen LogP contribution in [0.1, 0.15) is 26.3 Å². The maximum atomic E-state index is 12.8. The fourth-order valence-electron chi connectivity index (χ4n) is 3.25. The van der Waals surface area contributed by atoms with Crippen LogP contribution in [-0.2, 0) is 30.8 Å². The lowest BCUT2D eigenvalue weighted by Gasteiger charge is -2.37. The molecule has 0 unspecified atom stereocenters. The Balaban J connectivity index is 1.90. The Morgan fingerprint density at radius 3 is 2.56 bits per heavy atom. The number of β-lactam (4-membered cyclic amide) rings is 1. The van der Waals surface area contributed by atoms with Crippen LogP contribution < -0.4 is 0 Å². The lowest BCUT2D eigenvalue weighted by molar-refractivity contribution is -0.158. The quantitative estimate of drug-likeness (QED) is 0.353. The summed E-state index contributed by atoms with van der Waals surface area (Å²) in [4.78, 5) is 26.0. The van der Waals surface area contributed by atoms with E-state index in [2.05, 4.69) is 5.73 Å². The van der Waals surface area contributed by atoms with Gasteiger partial charge in [-0.1, -0.05) is 30.3 Å². The first kappa shape index (κ1) is 17.5. The Kier molecular flexibility index (Phi) is 4.09. The molecule has 7 heteroatoms. The molecule has 2 atom stereocenters. The molecule has 0 aromatic heterocycles. The van der Waals surface area contributed by atoms with Crippen molar-refractivity contribution in [1.29, 1.82) is 0 Å². The van der Waals surface area contributed by atoms with Gasteiger partial charge in [-0.2, -0.15) is 0 Å². The Morgan fingerprint density at radius 2 is 1.96 bits per heavy atom. The molecule has 0 bridgehead atoms. The molecular weight excluding hydrogens is 342 g/mol. The summed E-state index contributed by atoms with van der Waals surface area (Å²) in [5.41, 5.74) is 3.55. The van der Waals surface area contributed by atoms with Crippen LogP contribution in [0.4, 0.5) is 0 Å². The molecule has 25 heavy (non-hydrogen) atoms. The predicted octanol–water partition coefficient (Wildman–Crippen LogP) is 1.58. The fourth-order valence-corrected chi connectivity index (χ4v) is 5.35. The zero-order valence-corrected chi connectivity index (χ0v) is 15.0. The number of sulfone groups is 1. The van der Waals surface area contributed by atoms with Crippen LogP contribution in [0, 0.1) is 0 Å². The number of carbonyl (C=O) groups excluding carboxylic acids is 2. The van der Waals surface area contributed by atoms with Crippen molar-refractivity contribution in [1.82, 2.24) is 4.90 Å². The summed E-state index contributed by atoms with van der Waals surface area (Å²) in [5.74, 6) is -1.20. The van der Waals surface area contributed by atoms with Gasteiger partial charge < -0.3 is 9.64 Å². The molecule has 0 N–H and O–H groups in total. The summed E-state index contributed by atoms with van der Waals surface area (Å²) in [6, 6.07) is 7.91. The van der Waals surface area contributed by atoms with Crippen molar-refractivity contribution in [2.45, 2.75) is 43.5 Å². The van der Waals surface area contributed by atoms with Crippen LogP contribution in [0.3, 0.4) is 0 Å². The maximum absolute atomic E-state index is 12.8.